The summed E-state index contributed by atoms with van der Waals surface area (Å²) in [6, 6.07) is 12.5. The number of benzene rings is 2. The van der Waals surface area contributed by atoms with E-state index in [1.54, 1.807) is 19.1 Å². The lowest BCUT2D eigenvalue weighted by Crippen LogP contribution is -2.07. The molecule has 1 unspecified atom stereocenters. The maximum atomic E-state index is 13.7. The molecule has 0 saturated heterocycles. The average Bonchev–Trinajstić information content (AvgIpc) is 2.37. The molecular formula is C16H18FNO. The van der Waals surface area contributed by atoms with Crippen LogP contribution < -0.4 is 10.5 Å². The molecule has 0 amide bonds. The van der Waals surface area contributed by atoms with Crippen LogP contribution in [0.25, 0.3) is 0 Å². The van der Waals surface area contributed by atoms with Crippen LogP contribution >= 0.6 is 0 Å². The van der Waals surface area contributed by atoms with E-state index >= 15 is 0 Å². The van der Waals surface area contributed by atoms with Crippen molar-refractivity contribution in [1.82, 2.24) is 0 Å². The van der Waals surface area contributed by atoms with Crippen LogP contribution in [0.2, 0.25) is 0 Å². The summed E-state index contributed by atoms with van der Waals surface area (Å²) in [5.41, 5.74) is 8.43. The van der Waals surface area contributed by atoms with E-state index in [1.165, 1.54) is 11.6 Å². The maximum Gasteiger partial charge on any atom is 0.131 e. The Hall–Kier alpha value is -1.87. The molecule has 2 N–H and O–H groups in total. The molecule has 0 aliphatic carbocycles. The van der Waals surface area contributed by atoms with E-state index in [2.05, 4.69) is 0 Å². The largest absolute Gasteiger partial charge is 0.489 e. The third-order valence-corrected chi connectivity index (χ3v) is 2.99. The first-order chi connectivity index (χ1) is 9.06. The Morgan fingerprint density at radius 2 is 1.84 bits per heavy atom. The summed E-state index contributed by atoms with van der Waals surface area (Å²) in [7, 11) is 0. The van der Waals surface area contributed by atoms with Crippen LogP contribution in [0.4, 0.5) is 4.39 Å². The zero-order chi connectivity index (χ0) is 13.8. The molecule has 2 nitrogen and oxygen atoms in total. The van der Waals surface area contributed by atoms with E-state index in [1.807, 2.05) is 31.2 Å². The van der Waals surface area contributed by atoms with Gasteiger partial charge in [0.05, 0.1) is 0 Å². The summed E-state index contributed by atoms with van der Waals surface area (Å²) in [5.74, 6) is 0.193. The fraction of sp³-hybridized carbons (Fsp3) is 0.250. The van der Waals surface area contributed by atoms with Crippen molar-refractivity contribution in [3.63, 3.8) is 0 Å². The summed E-state index contributed by atoms with van der Waals surface area (Å²) in [5, 5.41) is 0. The van der Waals surface area contributed by atoms with Crippen LogP contribution in [0, 0.1) is 12.7 Å². The lowest BCUT2D eigenvalue weighted by molar-refractivity contribution is 0.304. The molecule has 0 heterocycles. The summed E-state index contributed by atoms with van der Waals surface area (Å²) in [4.78, 5) is 0. The Morgan fingerprint density at radius 1 is 1.16 bits per heavy atom. The van der Waals surface area contributed by atoms with Gasteiger partial charge in [0.25, 0.3) is 0 Å². The zero-order valence-electron chi connectivity index (χ0n) is 11.2. The number of hydrogen-bond acceptors (Lipinski definition) is 2. The van der Waals surface area contributed by atoms with Gasteiger partial charge in [-0.05, 0) is 25.5 Å². The van der Waals surface area contributed by atoms with Crippen molar-refractivity contribution in [2.75, 3.05) is 0 Å². The molecule has 0 aromatic heterocycles. The third kappa shape index (κ3) is 3.55. The minimum atomic E-state index is -0.323. The quantitative estimate of drug-likeness (QED) is 0.908. The second-order valence-corrected chi connectivity index (χ2v) is 4.75. The number of halogens is 1. The van der Waals surface area contributed by atoms with Crippen LogP contribution in [0.15, 0.2) is 42.5 Å². The highest BCUT2D eigenvalue weighted by molar-refractivity contribution is 5.31. The molecule has 0 radical (unpaired) electrons. The van der Waals surface area contributed by atoms with E-state index in [9.17, 15) is 4.39 Å². The second-order valence-electron chi connectivity index (χ2n) is 4.75. The number of hydrogen-bond donors (Lipinski definition) is 1. The number of ether oxygens (including phenoxy) is 1. The standard InChI is InChI=1S/C16H18FNO/c1-11-3-5-13(6-4-11)10-19-14-7-8-15(12(2)18)16(17)9-14/h3-9,12H,10,18H2,1-2H3. The highest BCUT2D eigenvalue weighted by Gasteiger charge is 2.08. The molecule has 0 spiro atoms. The van der Waals surface area contributed by atoms with Crippen molar-refractivity contribution < 1.29 is 9.13 Å². The van der Waals surface area contributed by atoms with Crippen LogP contribution in [0.5, 0.6) is 5.75 Å². The van der Waals surface area contributed by atoms with Crippen molar-refractivity contribution in [3.8, 4) is 5.75 Å². The van der Waals surface area contributed by atoms with Crippen LogP contribution in [0.1, 0.15) is 29.7 Å². The van der Waals surface area contributed by atoms with E-state index in [0.717, 1.165) is 5.56 Å². The predicted octanol–water partition coefficient (Wildman–Crippen LogP) is 3.73. The molecule has 2 aromatic rings. The summed E-state index contributed by atoms with van der Waals surface area (Å²) in [6.45, 7) is 4.22. The molecule has 2 rings (SSSR count). The minimum absolute atomic E-state index is 0.314. The molecule has 1 atom stereocenters. The fourth-order valence-corrected chi connectivity index (χ4v) is 1.82. The van der Waals surface area contributed by atoms with Gasteiger partial charge >= 0.3 is 0 Å². The van der Waals surface area contributed by atoms with E-state index in [4.69, 9.17) is 10.5 Å². The Balaban J connectivity index is 2.04. The minimum Gasteiger partial charge on any atom is -0.489 e. The SMILES string of the molecule is Cc1ccc(COc2ccc(C(C)N)c(F)c2)cc1. The van der Waals surface area contributed by atoms with Gasteiger partial charge in [0, 0.05) is 17.7 Å². The Bertz CT molecular complexity index is 549. The van der Waals surface area contributed by atoms with Gasteiger partial charge < -0.3 is 10.5 Å². The lowest BCUT2D eigenvalue weighted by Gasteiger charge is -2.10. The Morgan fingerprint density at radius 3 is 2.42 bits per heavy atom. The molecule has 100 valence electrons. The molecule has 0 aliphatic heterocycles. The summed E-state index contributed by atoms with van der Waals surface area (Å²) < 4.78 is 19.3. The first-order valence-electron chi connectivity index (χ1n) is 6.29. The van der Waals surface area contributed by atoms with E-state index in [0.29, 0.717) is 17.9 Å². The number of nitrogens with two attached hydrogens (primary N) is 1. The van der Waals surface area contributed by atoms with E-state index < -0.39 is 0 Å². The predicted molar refractivity (Wildman–Crippen MR) is 74.5 cm³/mol. The molecule has 3 heteroatoms. The number of rotatable bonds is 4. The molecular weight excluding hydrogens is 241 g/mol. The first kappa shape index (κ1) is 13.6. The first-order valence-corrected chi connectivity index (χ1v) is 6.29. The van der Waals surface area contributed by atoms with Crippen molar-refractivity contribution in [3.05, 3.63) is 65.0 Å². The van der Waals surface area contributed by atoms with Gasteiger partial charge in [0.15, 0.2) is 0 Å². The topological polar surface area (TPSA) is 35.2 Å². The molecule has 2 aromatic carbocycles. The van der Waals surface area contributed by atoms with Crippen molar-refractivity contribution >= 4 is 0 Å². The van der Waals surface area contributed by atoms with Gasteiger partial charge in [-0.15, -0.1) is 0 Å². The highest BCUT2D eigenvalue weighted by atomic mass is 19.1. The molecule has 0 fully saturated rings. The van der Waals surface area contributed by atoms with Crippen LogP contribution in [-0.2, 0) is 6.61 Å². The maximum absolute atomic E-state index is 13.7. The van der Waals surface area contributed by atoms with E-state index in [-0.39, 0.29) is 11.9 Å². The van der Waals surface area contributed by atoms with Crippen molar-refractivity contribution in [2.24, 2.45) is 5.73 Å². The van der Waals surface area contributed by atoms with Crippen LogP contribution in [-0.4, -0.2) is 0 Å². The Kier molecular flexibility index (Phi) is 4.17. The van der Waals surface area contributed by atoms with Crippen molar-refractivity contribution in [1.29, 1.82) is 0 Å². The third-order valence-electron chi connectivity index (χ3n) is 2.99. The molecule has 0 saturated carbocycles. The van der Waals surface area contributed by atoms with Gasteiger partial charge in [-0.25, -0.2) is 4.39 Å². The summed E-state index contributed by atoms with van der Waals surface area (Å²) in [6.07, 6.45) is 0. The van der Waals surface area contributed by atoms with Crippen molar-refractivity contribution in [2.45, 2.75) is 26.5 Å². The smallest absolute Gasteiger partial charge is 0.131 e. The normalized spacial score (nSPS) is 12.2. The van der Waals surface area contributed by atoms with Crippen LogP contribution in [0.3, 0.4) is 0 Å². The molecule has 0 bridgehead atoms. The Labute approximate surface area is 113 Å². The average molecular weight is 259 g/mol. The van der Waals surface area contributed by atoms with Gasteiger partial charge in [-0.2, -0.15) is 0 Å². The second kappa shape index (κ2) is 5.85. The highest BCUT2D eigenvalue weighted by Crippen LogP contribution is 2.21. The molecule has 19 heavy (non-hydrogen) atoms. The number of aryl methyl sites for hydroxylation is 1. The van der Waals surface area contributed by atoms with Gasteiger partial charge in [0.1, 0.15) is 18.2 Å². The summed E-state index contributed by atoms with van der Waals surface area (Å²) >= 11 is 0. The zero-order valence-corrected chi connectivity index (χ0v) is 11.2. The van der Waals surface area contributed by atoms with Gasteiger partial charge in [-0.1, -0.05) is 35.9 Å². The van der Waals surface area contributed by atoms with Gasteiger partial charge in [-0.3, -0.25) is 0 Å². The molecule has 0 aliphatic rings. The fourth-order valence-electron chi connectivity index (χ4n) is 1.82. The van der Waals surface area contributed by atoms with Gasteiger partial charge in [0.2, 0.25) is 0 Å². The monoisotopic (exact) mass is 259 g/mol. The lowest BCUT2D eigenvalue weighted by atomic mass is 10.1.